The fraction of sp³-hybridized carbons (Fsp3) is 0.214. The Kier molecular flexibility index (Phi) is 4.95. The molecule has 2 heterocycles. The lowest BCUT2D eigenvalue weighted by molar-refractivity contribution is -0.131. The lowest BCUT2D eigenvalue weighted by Gasteiger charge is -2.25. The number of nitrogens with one attached hydrogen (secondary N) is 1. The van der Waals surface area contributed by atoms with Gasteiger partial charge in [0, 0.05) is 43.9 Å². The highest BCUT2D eigenvalue weighted by Gasteiger charge is 2.32. The summed E-state index contributed by atoms with van der Waals surface area (Å²) in [5.41, 5.74) is 8.51. The molecule has 2 aliphatic rings. The second-order valence-electron chi connectivity index (χ2n) is 8.87. The van der Waals surface area contributed by atoms with Crippen molar-refractivity contribution in [3.63, 3.8) is 0 Å². The molecule has 1 N–H and O–H groups in total. The van der Waals surface area contributed by atoms with Crippen LogP contribution in [0.4, 0.5) is 5.69 Å². The number of anilines is 1. The molecular formula is C28H26N4O. The van der Waals surface area contributed by atoms with Crippen molar-refractivity contribution in [2.24, 2.45) is 0 Å². The van der Waals surface area contributed by atoms with Crippen molar-refractivity contribution in [1.82, 2.24) is 14.9 Å². The molecule has 3 aromatic carbocycles. The van der Waals surface area contributed by atoms with Crippen LogP contribution in [-0.4, -0.2) is 33.9 Å². The summed E-state index contributed by atoms with van der Waals surface area (Å²) in [5, 5.41) is 0. The first-order valence-electron chi connectivity index (χ1n) is 11.5. The third-order valence-electron chi connectivity index (χ3n) is 6.94. The van der Waals surface area contributed by atoms with Crippen LogP contribution in [0.3, 0.4) is 0 Å². The van der Waals surface area contributed by atoms with Gasteiger partial charge < -0.3 is 14.8 Å². The number of aromatic amines is 1. The molecule has 0 atom stereocenters. The Morgan fingerprint density at radius 3 is 2.33 bits per heavy atom. The number of rotatable bonds is 4. The summed E-state index contributed by atoms with van der Waals surface area (Å²) >= 11 is 0. The minimum absolute atomic E-state index is 0.115. The van der Waals surface area contributed by atoms with Gasteiger partial charge in [0.1, 0.15) is 0 Å². The van der Waals surface area contributed by atoms with Crippen LogP contribution < -0.4 is 4.90 Å². The van der Waals surface area contributed by atoms with Gasteiger partial charge in [-0.25, -0.2) is 4.98 Å². The summed E-state index contributed by atoms with van der Waals surface area (Å²) in [4.78, 5) is 25.4. The monoisotopic (exact) mass is 434 g/mol. The molecule has 6 rings (SSSR count). The van der Waals surface area contributed by atoms with Crippen LogP contribution >= 0.6 is 0 Å². The van der Waals surface area contributed by atoms with Crippen LogP contribution in [0, 0.1) is 0 Å². The lowest BCUT2D eigenvalue weighted by Crippen LogP contribution is -2.35. The summed E-state index contributed by atoms with van der Waals surface area (Å²) in [6.07, 6.45) is 4.08. The zero-order valence-corrected chi connectivity index (χ0v) is 18.4. The second-order valence-corrected chi connectivity index (χ2v) is 8.87. The molecule has 4 aromatic rings. The van der Waals surface area contributed by atoms with Gasteiger partial charge in [-0.3, -0.25) is 4.79 Å². The summed E-state index contributed by atoms with van der Waals surface area (Å²) in [6, 6.07) is 25.5. The molecule has 0 saturated heterocycles. The molecule has 33 heavy (non-hydrogen) atoms. The first-order chi connectivity index (χ1) is 16.3. The standard InChI is InChI=1S/C28H26N4O/c33-28(15-26-24-10-4-2-8-22(24)23-9-3-5-11-25(23)26)32-14-13-31(18-21-16-29-19-30-21)27-12-6-1-7-20(27)17-32/h1-12,16,19,26H,13-15,17-18H2,(H,29,30). The second kappa shape index (κ2) is 8.24. The Balaban J connectivity index is 1.26. The van der Waals surface area contributed by atoms with E-state index < -0.39 is 0 Å². The molecule has 0 bridgehead atoms. The topological polar surface area (TPSA) is 52.2 Å². The maximum atomic E-state index is 13.7. The number of nitrogens with zero attached hydrogens (tertiary/aromatic N) is 3. The SMILES string of the molecule is O=C(CC1c2ccccc2-c2ccccc21)N1CCN(Cc2cnc[nH]2)c2ccccc2C1. The van der Waals surface area contributed by atoms with Gasteiger partial charge in [-0.1, -0.05) is 66.7 Å². The Hall–Kier alpha value is -3.86. The van der Waals surface area contributed by atoms with E-state index >= 15 is 0 Å². The van der Waals surface area contributed by atoms with Gasteiger partial charge >= 0.3 is 0 Å². The van der Waals surface area contributed by atoms with Crippen LogP contribution in [0.2, 0.25) is 0 Å². The molecule has 0 unspecified atom stereocenters. The maximum Gasteiger partial charge on any atom is 0.223 e. The van der Waals surface area contributed by atoms with E-state index in [0.29, 0.717) is 19.5 Å². The minimum Gasteiger partial charge on any atom is -0.364 e. The number of amides is 1. The first-order valence-corrected chi connectivity index (χ1v) is 11.5. The van der Waals surface area contributed by atoms with Gasteiger partial charge in [0.25, 0.3) is 0 Å². The summed E-state index contributed by atoms with van der Waals surface area (Å²) in [5.74, 6) is 0.328. The highest BCUT2D eigenvalue weighted by atomic mass is 16.2. The van der Waals surface area contributed by atoms with Gasteiger partial charge in [-0.15, -0.1) is 0 Å². The lowest BCUT2D eigenvalue weighted by atomic mass is 9.93. The molecule has 164 valence electrons. The van der Waals surface area contributed by atoms with Gasteiger partial charge in [-0.2, -0.15) is 0 Å². The zero-order chi connectivity index (χ0) is 22.2. The fourth-order valence-corrected chi connectivity index (χ4v) is 5.34. The highest BCUT2D eigenvalue weighted by molar-refractivity contribution is 5.84. The van der Waals surface area contributed by atoms with Crippen molar-refractivity contribution in [3.05, 3.63) is 108 Å². The zero-order valence-electron chi connectivity index (χ0n) is 18.4. The smallest absolute Gasteiger partial charge is 0.223 e. The molecule has 1 amide bonds. The van der Waals surface area contributed by atoms with Gasteiger partial charge in [0.05, 0.1) is 18.6 Å². The molecule has 0 spiro atoms. The molecule has 1 aliphatic heterocycles. The molecular weight excluding hydrogens is 408 g/mol. The van der Waals surface area contributed by atoms with Crippen molar-refractivity contribution in [2.75, 3.05) is 18.0 Å². The Morgan fingerprint density at radius 1 is 0.909 bits per heavy atom. The Bertz CT molecular complexity index is 1250. The Morgan fingerprint density at radius 2 is 1.61 bits per heavy atom. The number of fused-ring (bicyclic) bond motifs is 4. The molecule has 5 nitrogen and oxygen atoms in total. The van der Waals surface area contributed by atoms with Crippen LogP contribution in [0.15, 0.2) is 85.3 Å². The van der Waals surface area contributed by atoms with E-state index in [2.05, 4.69) is 87.7 Å². The normalized spacial score (nSPS) is 15.0. The van der Waals surface area contributed by atoms with Crippen LogP contribution in [-0.2, 0) is 17.9 Å². The van der Waals surface area contributed by atoms with E-state index in [0.717, 1.165) is 18.8 Å². The van der Waals surface area contributed by atoms with E-state index in [1.165, 1.54) is 33.5 Å². The predicted molar refractivity (Wildman–Crippen MR) is 130 cm³/mol. The molecule has 1 aromatic heterocycles. The summed E-state index contributed by atoms with van der Waals surface area (Å²) < 4.78 is 0. The molecule has 0 saturated carbocycles. The van der Waals surface area contributed by atoms with Crippen molar-refractivity contribution >= 4 is 11.6 Å². The first kappa shape index (κ1) is 19.8. The number of H-pyrrole nitrogens is 1. The molecule has 5 heteroatoms. The van der Waals surface area contributed by atoms with Crippen molar-refractivity contribution in [1.29, 1.82) is 0 Å². The number of carbonyl (C=O) groups excluding carboxylic acids is 1. The van der Waals surface area contributed by atoms with Gasteiger partial charge in [-0.05, 0) is 33.9 Å². The predicted octanol–water partition coefficient (Wildman–Crippen LogP) is 4.96. The van der Waals surface area contributed by atoms with E-state index in [9.17, 15) is 4.79 Å². The van der Waals surface area contributed by atoms with Crippen molar-refractivity contribution in [2.45, 2.75) is 25.4 Å². The average molecular weight is 435 g/mol. The van der Waals surface area contributed by atoms with Crippen LogP contribution in [0.25, 0.3) is 11.1 Å². The van der Waals surface area contributed by atoms with E-state index in [1.54, 1.807) is 6.33 Å². The number of aromatic nitrogens is 2. The van der Waals surface area contributed by atoms with Crippen LogP contribution in [0.5, 0.6) is 0 Å². The highest BCUT2D eigenvalue weighted by Crippen LogP contribution is 2.46. The molecule has 0 fully saturated rings. The van der Waals surface area contributed by atoms with E-state index in [-0.39, 0.29) is 11.8 Å². The average Bonchev–Trinajstić information content (AvgIpc) is 3.43. The molecule has 1 aliphatic carbocycles. The number of para-hydroxylation sites is 1. The largest absolute Gasteiger partial charge is 0.364 e. The quantitative estimate of drug-likeness (QED) is 0.494. The third-order valence-corrected chi connectivity index (χ3v) is 6.94. The van der Waals surface area contributed by atoms with Crippen LogP contribution in [0.1, 0.15) is 34.7 Å². The number of imidazole rings is 1. The number of benzene rings is 3. The number of carbonyl (C=O) groups is 1. The molecule has 0 radical (unpaired) electrons. The van der Waals surface area contributed by atoms with Gasteiger partial charge in [0.15, 0.2) is 0 Å². The van der Waals surface area contributed by atoms with Crippen molar-refractivity contribution < 1.29 is 4.79 Å². The minimum atomic E-state index is 0.115. The Labute approximate surface area is 193 Å². The number of hydrogen-bond acceptors (Lipinski definition) is 3. The number of hydrogen-bond donors (Lipinski definition) is 1. The van der Waals surface area contributed by atoms with Gasteiger partial charge in [0.2, 0.25) is 5.91 Å². The maximum absolute atomic E-state index is 13.7. The van der Waals surface area contributed by atoms with E-state index in [4.69, 9.17) is 0 Å². The fourth-order valence-electron chi connectivity index (χ4n) is 5.34. The summed E-state index contributed by atoms with van der Waals surface area (Å²) in [7, 11) is 0. The van der Waals surface area contributed by atoms with E-state index in [1.807, 2.05) is 11.1 Å². The van der Waals surface area contributed by atoms with Crippen molar-refractivity contribution in [3.8, 4) is 11.1 Å². The summed E-state index contributed by atoms with van der Waals surface area (Å²) in [6.45, 7) is 2.89. The third kappa shape index (κ3) is 3.59.